The van der Waals surface area contributed by atoms with Crippen LogP contribution in [-0.2, 0) is 4.74 Å². The second kappa shape index (κ2) is 7.11. The molecule has 0 saturated carbocycles. The van der Waals surface area contributed by atoms with Gasteiger partial charge >= 0.3 is 5.97 Å². The topological polar surface area (TPSA) is 55.8 Å². The summed E-state index contributed by atoms with van der Waals surface area (Å²) in [5.41, 5.74) is 0.791. The van der Waals surface area contributed by atoms with Crippen LogP contribution in [0.1, 0.15) is 28.8 Å². The second-order valence-corrected chi connectivity index (χ2v) is 4.25. The number of carbonyl (C=O) groups is 1. The SMILES string of the molecule is COC(=O)c1c(C)cc(OCCCCCl)cc1O. The first-order chi connectivity index (χ1) is 8.60. The lowest BCUT2D eigenvalue weighted by molar-refractivity contribution is 0.0596. The highest BCUT2D eigenvalue weighted by atomic mass is 35.5. The molecule has 0 aliphatic heterocycles. The third-order valence-electron chi connectivity index (χ3n) is 2.47. The number of rotatable bonds is 6. The first kappa shape index (κ1) is 14.6. The highest BCUT2D eigenvalue weighted by Crippen LogP contribution is 2.28. The lowest BCUT2D eigenvalue weighted by Crippen LogP contribution is -2.05. The molecule has 0 saturated heterocycles. The normalized spacial score (nSPS) is 10.2. The minimum absolute atomic E-state index is 0.130. The summed E-state index contributed by atoms with van der Waals surface area (Å²) in [7, 11) is 1.28. The van der Waals surface area contributed by atoms with E-state index in [1.807, 2.05) is 0 Å². The first-order valence-electron chi connectivity index (χ1n) is 5.70. The van der Waals surface area contributed by atoms with Crippen molar-refractivity contribution in [3.05, 3.63) is 23.3 Å². The van der Waals surface area contributed by atoms with Crippen LogP contribution in [0.4, 0.5) is 0 Å². The van der Waals surface area contributed by atoms with Gasteiger partial charge in [0.1, 0.15) is 17.1 Å². The number of unbranched alkanes of at least 4 members (excludes halogenated alkanes) is 1. The maximum atomic E-state index is 11.4. The van der Waals surface area contributed by atoms with E-state index in [2.05, 4.69) is 4.74 Å². The van der Waals surface area contributed by atoms with Gasteiger partial charge < -0.3 is 14.6 Å². The summed E-state index contributed by atoms with van der Waals surface area (Å²) in [5, 5.41) is 9.77. The van der Waals surface area contributed by atoms with Gasteiger partial charge in [0.15, 0.2) is 0 Å². The van der Waals surface area contributed by atoms with Crippen molar-refractivity contribution in [2.45, 2.75) is 19.8 Å². The van der Waals surface area contributed by atoms with Gasteiger partial charge in [-0.1, -0.05) is 0 Å². The van der Waals surface area contributed by atoms with Gasteiger partial charge in [-0.2, -0.15) is 0 Å². The van der Waals surface area contributed by atoms with Crippen molar-refractivity contribution < 1.29 is 19.4 Å². The number of hydrogen-bond acceptors (Lipinski definition) is 4. The zero-order chi connectivity index (χ0) is 13.5. The summed E-state index contributed by atoms with van der Waals surface area (Å²) >= 11 is 5.56. The molecule has 1 aromatic rings. The van der Waals surface area contributed by atoms with Crippen molar-refractivity contribution in [1.29, 1.82) is 0 Å². The molecule has 4 nitrogen and oxygen atoms in total. The molecule has 0 spiro atoms. The van der Waals surface area contributed by atoms with Gasteiger partial charge in [-0.3, -0.25) is 0 Å². The molecular weight excluding hydrogens is 256 g/mol. The second-order valence-electron chi connectivity index (χ2n) is 3.87. The predicted octanol–water partition coefficient (Wildman–Crippen LogP) is 2.89. The van der Waals surface area contributed by atoms with Gasteiger partial charge in [-0.15, -0.1) is 11.6 Å². The summed E-state index contributed by atoms with van der Waals surface area (Å²) in [6, 6.07) is 3.12. The standard InChI is InChI=1S/C13H17ClO4/c1-9-7-10(18-6-4-3-5-14)8-11(15)12(9)13(16)17-2/h7-8,15H,3-6H2,1-2H3. The van der Waals surface area contributed by atoms with Crippen molar-refractivity contribution in [2.75, 3.05) is 19.6 Å². The van der Waals surface area contributed by atoms with Gasteiger partial charge in [0.25, 0.3) is 0 Å². The smallest absolute Gasteiger partial charge is 0.341 e. The molecule has 0 unspecified atom stereocenters. The quantitative estimate of drug-likeness (QED) is 0.491. The number of aryl methyl sites for hydroxylation is 1. The molecule has 0 aliphatic carbocycles. The Morgan fingerprint density at radius 3 is 2.67 bits per heavy atom. The van der Waals surface area contributed by atoms with E-state index in [0.717, 1.165) is 12.8 Å². The van der Waals surface area contributed by atoms with Gasteiger partial charge in [0.05, 0.1) is 13.7 Å². The average molecular weight is 273 g/mol. The van der Waals surface area contributed by atoms with E-state index in [9.17, 15) is 9.90 Å². The van der Waals surface area contributed by atoms with Crippen LogP contribution in [0.3, 0.4) is 0 Å². The van der Waals surface area contributed by atoms with E-state index in [1.54, 1.807) is 13.0 Å². The fourth-order valence-electron chi connectivity index (χ4n) is 1.57. The Labute approximate surface area is 111 Å². The largest absolute Gasteiger partial charge is 0.507 e. The van der Waals surface area contributed by atoms with Crippen molar-refractivity contribution in [3.63, 3.8) is 0 Å². The van der Waals surface area contributed by atoms with Gasteiger partial charge in [0, 0.05) is 11.9 Å². The Balaban J connectivity index is 2.76. The molecule has 1 rings (SSSR count). The molecule has 5 heteroatoms. The molecule has 0 radical (unpaired) electrons. The fraction of sp³-hybridized carbons (Fsp3) is 0.462. The highest BCUT2D eigenvalue weighted by molar-refractivity contribution is 6.17. The zero-order valence-electron chi connectivity index (χ0n) is 10.5. The van der Waals surface area contributed by atoms with Crippen molar-refractivity contribution in [1.82, 2.24) is 0 Å². The molecule has 0 atom stereocenters. The Morgan fingerprint density at radius 1 is 1.39 bits per heavy atom. The van der Waals surface area contributed by atoms with Crippen LogP contribution in [-0.4, -0.2) is 30.7 Å². The summed E-state index contributed by atoms with van der Waals surface area (Å²) < 4.78 is 10.1. The molecule has 1 aromatic carbocycles. The molecule has 0 heterocycles. The summed E-state index contributed by atoms with van der Waals surface area (Å²) in [5.74, 6) is 0.453. The molecule has 0 fully saturated rings. The summed E-state index contributed by atoms with van der Waals surface area (Å²) in [6.07, 6.45) is 1.73. The minimum Gasteiger partial charge on any atom is -0.507 e. The third-order valence-corrected chi connectivity index (χ3v) is 2.74. The lowest BCUT2D eigenvalue weighted by atomic mass is 10.1. The van der Waals surface area contributed by atoms with E-state index >= 15 is 0 Å². The number of alkyl halides is 1. The van der Waals surface area contributed by atoms with Crippen LogP contribution in [0.5, 0.6) is 11.5 Å². The summed E-state index contributed by atoms with van der Waals surface area (Å²) in [6.45, 7) is 2.25. The number of hydrogen-bond donors (Lipinski definition) is 1. The maximum absolute atomic E-state index is 11.4. The number of ether oxygens (including phenoxy) is 2. The first-order valence-corrected chi connectivity index (χ1v) is 6.24. The molecule has 100 valence electrons. The molecule has 1 N–H and O–H groups in total. The van der Waals surface area contributed by atoms with E-state index < -0.39 is 5.97 Å². The average Bonchev–Trinajstić information content (AvgIpc) is 2.33. The number of phenolic OH excluding ortho intramolecular Hbond substituents is 1. The zero-order valence-corrected chi connectivity index (χ0v) is 11.3. The molecule has 0 aliphatic rings. The third kappa shape index (κ3) is 3.81. The van der Waals surface area contributed by atoms with Crippen LogP contribution in [0, 0.1) is 6.92 Å². The number of aromatic hydroxyl groups is 1. The Morgan fingerprint density at radius 2 is 2.11 bits per heavy atom. The summed E-state index contributed by atoms with van der Waals surface area (Å²) in [4.78, 5) is 11.4. The van der Waals surface area contributed by atoms with E-state index in [0.29, 0.717) is 23.8 Å². The van der Waals surface area contributed by atoms with Crippen molar-refractivity contribution in [3.8, 4) is 11.5 Å². The molecular formula is C13H17ClO4. The fourth-order valence-corrected chi connectivity index (χ4v) is 1.76. The molecule has 0 bridgehead atoms. The lowest BCUT2D eigenvalue weighted by Gasteiger charge is -2.11. The van der Waals surface area contributed by atoms with Crippen LogP contribution in [0.25, 0.3) is 0 Å². The molecule has 0 aromatic heterocycles. The van der Waals surface area contributed by atoms with E-state index in [1.165, 1.54) is 13.2 Å². The Kier molecular flexibility index (Phi) is 5.78. The van der Waals surface area contributed by atoms with E-state index in [4.69, 9.17) is 16.3 Å². The Bertz CT molecular complexity index is 394. The van der Waals surface area contributed by atoms with Crippen LogP contribution < -0.4 is 4.74 Å². The monoisotopic (exact) mass is 272 g/mol. The number of carbonyl (C=O) groups excluding carboxylic acids is 1. The number of benzene rings is 1. The predicted molar refractivity (Wildman–Crippen MR) is 69.6 cm³/mol. The van der Waals surface area contributed by atoms with Crippen molar-refractivity contribution in [2.24, 2.45) is 0 Å². The van der Waals surface area contributed by atoms with Crippen molar-refractivity contribution >= 4 is 17.6 Å². The number of esters is 1. The minimum atomic E-state index is -0.557. The van der Waals surface area contributed by atoms with Gasteiger partial charge in [-0.05, 0) is 31.4 Å². The van der Waals surface area contributed by atoms with Crippen LogP contribution >= 0.6 is 11.6 Å². The number of phenols is 1. The number of halogens is 1. The Hall–Kier alpha value is -1.42. The van der Waals surface area contributed by atoms with Crippen LogP contribution in [0.15, 0.2) is 12.1 Å². The van der Waals surface area contributed by atoms with Gasteiger partial charge in [-0.25, -0.2) is 4.79 Å². The van der Waals surface area contributed by atoms with Gasteiger partial charge in [0.2, 0.25) is 0 Å². The molecule has 18 heavy (non-hydrogen) atoms. The highest BCUT2D eigenvalue weighted by Gasteiger charge is 2.16. The van der Waals surface area contributed by atoms with E-state index in [-0.39, 0.29) is 11.3 Å². The van der Waals surface area contributed by atoms with Crippen LogP contribution in [0.2, 0.25) is 0 Å². The molecule has 0 amide bonds. The number of methoxy groups -OCH3 is 1. The maximum Gasteiger partial charge on any atom is 0.341 e.